The van der Waals surface area contributed by atoms with Gasteiger partial charge in [0, 0.05) is 13.0 Å². The summed E-state index contributed by atoms with van der Waals surface area (Å²) in [5.74, 6) is 1.25. The van der Waals surface area contributed by atoms with Gasteiger partial charge in [0.1, 0.15) is 6.04 Å². The number of amides is 1. The Morgan fingerprint density at radius 1 is 1.33 bits per heavy atom. The van der Waals surface area contributed by atoms with Gasteiger partial charge in [-0.15, -0.1) is 11.3 Å². The van der Waals surface area contributed by atoms with Crippen LogP contribution in [-0.4, -0.2) is 20.9 Å². The van der Waals surface area contributed by atoms with E-state index in [1.165, 1.54) is 5.56 Å². The summed E-state index contributed by atoms with van der Waals surface area (Å²) < 4.78 is 5.46. The van der Waals surface area contributed by atoms with Gasteiger partial charge in [0.25, 0.3) is 0 Å². The van der Waals surface area contributed by atoms with Crippen molar-refractivity contribution in [2.75, 3.05) is 0 Å². The van der Waals surface area contributed by atoms with E-state index in [2.05, 4.69) is 29.2 Å². The lowest BCUT2D eigenvalue weighted by Crippen LogP contribution is -2.27. The van der Waals surface area contributed by atoms with Crippen LogP contribution >= 0.6 is 11.3 Å². The van der Waals surface area contributed by atoms with Crippen LogP contribution in [0, 0.1) is 6.92 Å². The summed E-state index contributed by atoms with van der Waals surface area (Å²) in [5.41, 5.74) is 2.31. The summed E-state index contributed by atoms with van der Waals surface area (Å²) in [6.07, 6.45) is 1.24. The minimum absolute atomic E-state index is 0.136. The van der Waals surface area contributed by atoms with Crippen molar-refractivity contribution in [3.8, 4) is 10.7 Å². The minimum atomic E-state index is -0.140. The van der Waals surface area contributed by atoms with Crippen LogP contribution in [0.4, 0.5) is 0 Å². The van der Waals surface area contributed by atoms with E-state index in [9.17, 15) is 4.79 Å². The molecule has 1 saturated heterocycles. The van der Waals surface area contributed by atoms with Gasteiger partial charge >= 0.3 is 0 Å². The maximum atomic E-state index is 12.3. The van der Waals surface area contributed by atoms with E-state index in [0.29, 0.717) is 24.7 Å². The molecule has 3 heterocycles. The first kappa shape index (κ1) is 15.1. The van der Waals surface area contributed by atoms with Crippen molar-refractivity contribution in [2.45, 2.75) is 32.4 Å². The van der Waals surface area contributed by atoms with Crippen LogP contribution in [0.5, 0.6) is 0 Å². The van der Waals surface area contributed by atoms with Crippen molar-refractivity contribution in [1.29, 1.82) is 0 Å². The normalized spacial score (nSPS) is 17.6. The van der Waals surface area contributed by atoms with Gasteiger partial charge in [0.15, 0.2) is 0 Å². The molecule has 24 heavy (non-hydrogen) atoms. The molecule has 1 amide bonds. The predicted octanol–water partition coefficient (Wildman–Crippen LogP) is 3.97. The molecule has 0 bridgehead atoms. The average Bonchev–Trinajstić information content (AvgIpc) is 3.29. The molecule has 1 atom stereocenters. The Labute approximate surface area is 143 Å². The van der Waals surface area contributed by atoms with Gasteiger partial charge in [-0.05, 0) is 30.4 Å². The highest BCUT2D eigenvalue weighted by Crippen LogP contribution is 2.34. The first-order chi connectivity index (χ1) is 11.7. The molecule has 4 rings (SSSR count). The molecule has 1 fully saturated rings. The Hall–Kier alpha value is -2.47. The molecule has 5 nitrogen and oxygen atoms in total. The minimum Gasteiger partial charge on any atom is -0.337 e. The number of likely N-dealkylation sites (tertiary alicyclic amines) is 1. The monoisotopic (exact) mass is 339 g/mol. The summed E-state index contributed by atoms with van der Waals surface area (Å²) in [6, 6.07) is 12.0. The van der Waals surface area contributed by atoms with Gasteiger partial charge in [0.2, 0.25) is 17.6 Å². The van der Waals surface area contributed by atoms with Crippen molar-refractivity contribution in [2.24, 2.45) is 0 Å². The van der Waals surface area contributed by atoms with Gasteiger partial charge in [-0.3, -0.25) is 4.79 Å². The van der Waals surface area contributed by atoms with E-state index in [1.807, 2.05) is 34.5 Å². The molecular weight excluding hydrogens is 322 g/mol. The second-order valence-corrected chi connectivity index (χ2v) is 6.95. The van der Waals surface area contributed by atoms with Crippen LogP contribution in [0.2, 0.25) is 0 Å². The number of nitrogens with zero attached hydrogens (tertiary/aromatic N) is 3. The van der Waals surface area contributed by atoms with Crippen LogP contribution in [0.15, 0.2) is 46.3 Å². The summed E-state index contributed by atoms with van der Waals surface area (Å²) in [7, 11) is 0. The van der Waals surface area contributed by atoms with Crippen molar-refractivity contribution in [1.82, 2.24) is 15.0 Å². The third-order valence-electron chi connectivity index (χ3n) is 4.23. The molecule has 2 aromatic heterocycles. The van der Waals surface area contributed by atoms with Crippen molar-refractivity contribution in [3.63, 3.8) is 0 Å². The SMILES string of the molecule is Cc1cccc(CN2C(=O)CCC2c2nc(-c3cccs3)no2)c1. The third-order valence-corrected chi connectivity index (χ3v) is 5.10. The average molecular weight is 339 g/mol. The topological polar surface area (TPSA) is 59.2 Å². The molecule has 1 aromatic carbocycles. The fourth-order valence-corrected chi connectivity index (χ4v) is 3.72. The van der Waals surface area contributed by atoms with Gasteiger partial charge in [-0.2, -0.15) is 4.98 Å². The standard InChI is InChI=1S/C18H17N3O2S/c1-12-4-2-5-13(10-12)11-21-14(7-8-16(21)22)18-19-17(20-23-18)15-6-3-9-24-15/h2-6,9-10,14H,7-8,11H2,1H3. The zero-order valence-corrected chi connectivity index (χ0v) is 14.1. The van der Waals surface area contributed by atoms with E-state index >= 15 is 0 Å². The molecule has 1 aliphatic rings. The Balaban J connectivity index is 1.59. The Morgan fingerprint density at radius 3 is 3.04 bits per heavy atom. The highest BCUT2D eigenvalue weighted by atomic mass is 32.1. The summed E-state index contributed by atoms with van der Waals surface area (Å²) >= 11 is 1.57. The number of carbonyl (C=O) groups excluding carboxylic acids is 1. The number of hydrogen-bond donors (Lipinski definition) is 0. The maximum Gasteiger partial charge on any atom is 0.249 e. The van der Waals surface area contributed by atoms with Crippen molar-refractivity contribution < 1.29 is 9.32 Å². The quantitative estimate of drug-likeness (QED) is 0.721. The Morgan fingerprint density at radius 2 is 2.25 bits per heavy atom. The summed E-state index contributed by atoms with van der Waals surface area (Å²) in [5, 5.41) is 6.05. The molecule has 1 unspecified atom stereocenters. The molecule has 0 saturated carbocycles. The second-order valence-electron chi connectivity index (χ2n) is 6.00. The van der Waals surface area contributed by atoms with Crippen LogP contribution in [-0.2, 0) is 11.3 Å². The van der Waals surface area contributed by atoms with E-state index in [0.717, 1.165) is 16.9 Å². The van der Waals surface area contributed by atoms with Crippen LogP contribution in [0.25, 0.3) is 10.7 Å². The zero-order valence-electron chi connectivity index (χ0n) is 13.3. The highest BCUT2D eigenvalue weighted by molar-refractivity contribution is 7.13. The van der Waals surface area contributed by atoms with Crippen LogP contribution in [0.3, 0.4) is 0 Å². The number of aromatic nitrogens is 2. The first-order valence-electron chi connectivity index (χ1n) is 7.93. The molecule has 0 radical (unpaired) electrons. The van der Waals surface area contributed by atoms with Crippen LogP contribution < -0.4 is 0 Å². The van der Waals surface area contributed by atoms with Gasteiger partial charge in [0.05, 0.1) is 4.88 Å². The lowest BCUT2D eigenvalue weighted by molar-refractivity contribution is -0.129. The van der Waals surface area contributed by atoms with E-state index in [4.69, 9.17) is 4.52 Å². The zero-order chi connectivity index (χ0) is 16.5. The second kappa shape index (κ2) is 6.20. The highest BCUT2D eigenvalue weighted by Gasteiger charge is 2.36. The number of benzene rings is 1. The smallest absolute Gasteiger partial charge is 0.249 e. The van der Waals surface area contributed by atoms with Crippen LogP contribution in [0.1, 0.15) is 35.9 Å². The molecule has 3 aromatic rings. The van der Waals surface area contributed by atoms with E-state index < -0.39 is 0 Å². The van der Waals surface area contributed by atoms with E-state index in [-0.39, 0.29) is 11.9 Å². The largest absolute Gasteiger partial charge is 0.337 e. The first-order valence-corrected chi connectivity index (χ1v) is 8.81. The van der Waals surface area contributed by atoms with E-state index in [1.54, 1.807) is 11.3 Å². The number of carbonyl (C=O) groups is 1. The number of aryl methyl sites for hydroxylation is 1. The van der Waals surface area contributed by atoms with Gasteiger partial charge < -0.3 is 9.42 Å². The van der Waals surface area contributed by atoms with Gasteiger partial charge in [-0.25, -0.2) is 0 Å². The predicted molar refractivity (Wildman–Crippen MR) is 91.3 cm³/mol. The lowest BCUT2D eigenvalue weighted by Gasteiger charge is -2.22. The maximum absolute atomic E-state index is 12.3. The summed E-state index contributed by atoms with van der Waals surface area (Å²) in [6.45, 7) is 2.62. The molecular formula is C18H17N3O2S. The lowest BCUT2D eigenvalue weighted by atomic mass is 10.1. The number of rotatable bonds is 4. The fraction of sp³-hybridized carbons (Fsp3) is 0.278. The molecule has 0 aliphatic carbocycles. The molecule has 0 N–H and O–H groups in total. The number of thiophene rings is 1. The molecule has 6 heteroatoms. The third kappa shape index (κ3) is 2.85. The number of hydrogen-bond acceptors (Lipinski definition) is 5. The molecule has 122 valence electrons. The molecule has 0 spiro atoms. The molecule has 1 aliphatic heterocycles. The van der Waals surface area contributed by atoms with Crippen molar-refractivity contribution >= 4 is 17.2 Å². The van der Waals surface area contributed by atoms with Gasteiger partial charge in [-0.1, -0.05) is 41.1 Å². The van der Waals surface area contributed by atoms with Crippen molar-refractivity contribution in [3.05, 3.63) is 58.8 Å². The fourth-order valence-electron chi connectivity index (χ4n) is 3.07. The Kier molecular flexibility index (Phi) is 3.90. The summed E-state index contributed by atoms with van der Waals surface area (Å²) in [4.78, 5) is 19.7. The Bertz CT molecular complexity index is 857.